The van der Waals surface area contributed by atoms with Crippen molar-refractivity contribution in [3.63, 3.8) is 0 Å². The smallest absolute Gasteiger partial charge is 0.407 e. The lowest BCUT2D eigenvalue weighted by Crippen LogP contribution is -2.51. The van der Waals surface area contributed by atoms with Crippen molar-refractivity contribution in [2.45, 2.75) is 77.4 Å². The topological polar surface area (TPSA) is 70.0 Å². The largest absolute Gasteiger partial charge is 0.465 e. The van der Waals surface area contributed by atoms with Gasteiger partial charge in [0.15, 0.2) is 8.32 Å². The molecule has 0 saturated carbocycles. The minimum absolute atomic E-state index is 0.0394. The van der Waals surface area contributed by atoms with Crippen LogP contribution >= 0.6 is 0 Å². The summed E-state index contributed by atoms with van der Waals surface area (Å²) in [6, 6.07) is 9.31. The summed E-state index contributed by atoms with van der Waals surface area (Å²) in [5.41, 5.74) is 0.954. The van der Waals surface area contributed by atoms with Crippen molar-refractivity contribution in [3.8, 4) is 0 Å². The fourth-order valence-electron chi connectivity index (χ4n) is 2.61. The molecule has 0 bridgehead atoms. The molecule has 0 radical (unpaired) electrons. The maximum absolute atomic E-state index is 11.9. The first-order chi connectivity index (χ1) is 12.0. The summed E-state index contributed by atoms with van der Waals surface area (Å²) < 4.78 is 6.56. The van der Waals surface area contributed by atoms with E-state index in [1.807, 2.05) is 37.3 Å². The molecular weight excluding hydrogens is 346 g/mol. The molecule has 2 N–H and O–H groups in total. The van der Waals surface area contributed by atoms with Crippen LogP contribution in [-0.4, -0.2) is 48.3 Å². The van der Waals surface area contributed by atoms with Crippen molar-refractivity contribution in [1.82, 2.24) is 4.90 Å². The molecule has 0 aliphatic carbocycles. The average Bonchev–Trinajstić information content (AvgIpc) is 2.55. The monoisotopic (exact) mass is 381 g/mol. The molecular formula is C20H35NO4Si. The van der Waals surface area contributed by atoms with E-state index in [1.165, 1.54) is 4.90 Å². The molecule has 0 saturated heterocycles. The molecule has 0 fully saturated rings. The van der Waals surface area contributed by atoms with Crippen molar-refractivity contribution in [2.75, 3.05) is 6.61 Å². The van der Waals surface area contributed by atoms with Crippen LogP contribution in [0.1, 0.15) is 46.1 Å². The van der Waals surface area contributed by atoms with Gasteiger partial charge in [0.25, 0.3) is 0 Å². The SMILES string of the molecule is C[C@@H](C(CCCO)O[Si](C)(C)C(C)(C)C)N(Cc1ccccc1)C(=O)O. The Balaban J connectivity index is 3.03. The summed E-state index contributed by atoms with van der Waals surface area (Å²) in [4.78, 5) is 13.4. The molecule has 26 heavy (non-hydrogen) atoms. The van der Waals surface area contributed by atoms with Crippen molar-refractivity contribution < 1.29 is 19.4 Å². The Kier molecular flexibility index (Phi) is 8.31. The van der Waals surface area contributed by atoms with Crippen molar-refractivity contribution in [2.24, 2.45) is 0 Å². The Hall–Kier alpha value is -1.37. The standard InChI is InChI=1S/C20H35NO4Si/c1-16(21(19(23)24)15-17-11-8-7-9-12-17)18(13-10-14-22)25-26(5,6)20(2,3)4/h7-9,11-12,16,18,22H,10,13-15H2,1-6H3,(H,23,24)/t16-,18?/m0/s1. The highest BCUT2D eigenvalue weighted by Crippen LogP contribution is 2.38. The Labute approximate surface area is 159 Å². The third-order valence-corrected chi connectivity index (χ3v) is 9.87. The summed E-state index contributed by atoms with van der Waals surface area (Å²) in [5.74, 6) is 0. The third-order valence-electron chi connectivity index (χ3n) is 5.37. The highest BCUT2D eigenvalue weighted by atomic mass is 28.4. The number of carbonyl (C=O) groups is 1. The molecule has 5 nitrogen and oxygen atoms in total. The quantitative estimate of drug-likeness (QED) is 0.607. The molecule has 0 heterocycles. The Morgan fingerprint density at radius 2 is 1.81 bits per heavy atom. The summed E-state index contributed by atoms with van der Waals surface area (Å²) in [7, 11) is -2.05. The molecule has 0 spiro atoms. The minimum atomic E-state index is -2.05. The Morgan fingerprint density at radius 1 is 1.23 bits per heavy atom. The molecule has 0 aliphatic heterocycles. The maximum Gasteiger partial charge on any atom is 0.407 e. The third kappa shape index (κ3) is 6.41. The van der Waals surface area contributed by atoms with Gasteiger partial charge in [-0.1, -0.05) is 51.1 Å². The first-order valence-electron chi connectivity index (χ1n) is 9.31. The molecule has 1 aromatic rings. The van der Waals surface area contributed by atoms with Gasteiger partial charge in [0.1, 0.15) is 0 Å². The predicted molar refractivity (Wildman–Crippen MR) is 108 cm³/mol. The second kappa shape index (κ2) is 9.53. The van der Waals surface area contributed by atoms with Crippen molar-refractivity contribution in [1.29, 1.82) is 0 Å². The molecule has 6 heteroatoms. The number of aliphatic hydroxyl groups is 1. The number of hydrogen-bond acceptors (Lipinski definition) is 3. The van der Waals surface area contributed by atoms with Gasteiger partial charge in [0, 0.05) is 13.2 Å². The Bertz CT molecular complexity index is 557. The van der Waals surface area contributed by atoms with Crippen LogP contribution in [0.25, 0.3) is 0 Å². The lowest BCUT2D eigenvalue weighted by atomic mass is 10.1. The Morgan fingerprint density at radius 3 is 2.27 bits per heavy atom. The maximum atomic E-state index is 11.9. The predicted octanol–water partition coefficient (Wildman–Crippen LogP) is 4.72. The zero-order valence-corrected chi connectivity index (χ0v) is 18.0. The fraction of sp³-hybridized carbons (Fsp3) is 0.650. The van der Waals surface area contributed by atoms with Gasteiger partial charge in [0.05, 0.1) is 12.1 Å². The second-order valence-electron chi connectivity index (χ2n) is 8.42. The van der Waals surface area contributed by atoms with E-state index in [0.717, 1.165) is 5.56 Å². The number of aliphatic hydroxyl groups excluding tert-OH is 1. The lowest BCUT2D eigenvalue weighted by Gasteiger charge is -2.42. The highest BCUT2D eigenvalue weighted by molar-refractivity contribution is 6.74. The van der Waals surface area contributed by atoms with Gasteiger partial charge in [-0.25, -0.2) is 4.79 Å². The van der Waals surface area contributed by atoms with Crippen LogP contribution in [0.5, 0.6) is 0 Å². The van der Waals surface area contributed by atoms with Crippen LogP contribution in [0.4, 0.5) is 4.79 Å². The molecule has 1 unspecified atom stereocenters. The molecule has 0 aromatic heterocycles. The second-order valence-corrected chi connectivity index (χ2v) is 13.2. The number of hydrogen-bond donors (Lipinski definition) is 2. The summed E-state index contributed by atoms with van der Waals surface area (Å²) in [6.07, 6.45) is 0.0579. The minimum Gasteiger partial charge on any atom is -0.465 e. The van der Waals surface area contributed by atoms with Crippen LogP contribution in [0, 0.1) is 0 Å². The van der Waals surface area contributed by atoms with Gasteiger partial charge in [-0.2, -0.15) is 0 Å². The summed E-state index contributed by atoms with van der Waals surface area (Å²) >= 11 is 0. The first kappa shape index (κ1) is 22.7. The van der Waals surface area contributed by atoms with E-state index in [0.29, 0.717) is 19.4 Å². The summed E-state index contributed by atoms with van der Waals surface area (Å²) in [6.45, 7) is 13.2. The number of benzene rings is 1. The van der Waals surface area contributed by atoms with E-state index < -0.39 is 14.4 Å². The number of nitrogens with zero attached hydrogens (tertiary/aromatic N) is 1. The van der Waals surface area contributed by atoms with Gasteiger partial charge < -0.3 is 14.6 Å². The first-order valence-corrected chi connectivity index (χ1v) is 12.2. The van der Waals surface area contributed by atoms with Gasteiger partial charge in [-0.05, 0) is 43.5 Å². The molecule has 148 valence electrons. The van der Waals surface area contributed by atoms with Crippen LogP contribution in [-0.2, 0) is 11.0 Å². The molecule has 0 aliphatic rings. The fourth-order valence-corrected chi connectivity index (χ4v) is 4.04. The lowest BCUT2D eigenvalue weighted by molar-refractivity contribution is 0.0503. The average molecular weight is 382 g/mol. The van der Waals surface area contributed by atoms with Crippen LogP contribution < -0.4 is 0 Å². The van der Waals surface area contributed by atoms with E-state index in [9.17, 15) is 15.0 Å². The zero-order valence-electron chi connectivity index (χ0n) is 17.0. The van der Waals surface area contributed by atoms with E-state index >= 15 is 0 Å². The van der Waals surface area contributed by atoms with Crippen molar-refractivity contribution in [3.05, 3.63) is 35.9 Å². The van der Waals surface area contributed by atoms with Crippen LogP contribution in [0.15, 0.2) is 30.3 Å². The molecule has 1 amide bonds. The molecule has 2 atom stereocenters. The van der Waals surface area contributed by atoms with Crippen LogP contribution in [0.3, 0.4) is 0 Å². The number of amides is 1. The van der Waals surface area contributed by atoms with Gasteiger partial charge in [-0.3, -0.25) is 4.90 Å². The van der Waals surface area contributed by atoms with Gasteiger partial charge in [-0.15, -0.1) is 0 Å². The molecule has 1 aromatic carbocycles. The van der Waals surface area contributed by atoms with Gasteiger partial charge >= 0.3 is 6.09 Å². The summed E-state index contributed by atoms with van der Waals surface area (Å²) in [5, 5.41) is 19.1. The normalized spacial score (nSPS) is 14.7. The van der Waals surface area contributed by atoms with E-state index in [2.05, 4.69) is 33.9 Å². The van der Waals surface area contributed by atoms with E-state index in [4.69, 9.17) is 4.43 Å². The van der Waals surface area contributed by atoms with Crippen LogP contribution in [0.2, 0.25) is 18.1 Å². The van der Waals surface area contributed by atoms with Gasteiger partial charge in [0.2, 0.25) is 0 Å². The number of rotatable bonds is 9. The van der Waals surface area contributed by atoms with E-state index in [-0.39, 0.29) is 23.8 Å². The highest BCUT2D eigenvalue weighted by Gasteiger charge is 2.41. The molecule has 1 rings (SSSR count). The van der Waals surface area contributed by atoms with E-state index in [1.54, 1.807) is 0 Å². The van der Waals surface area contributed by atoms with Crippen molar-refractivity contribution >= 4 is 14.4 Å². The zero-order chi connectivity index (χ0) is 20.0. The number of carboxylic acid groups (broad SMARTS) is 1.